The van der Waals surface area contributed by atoms with Crippen molar-refractivity contribution in [2.24, 2.45) is 17.8 Å². The minimum Gasteiger partial charge on any atom is -0.355 e. The summed E-state index contributed by atoms with van der Waals surface area (Å²) in [7, 11) is 0. The molecule has 2 aliphatic heterocycles. The van der Waals surface area contributed by atoms with Gasteiger partial charge in [-0.1, -0.05) is 13.8 Å². The van der Waals surface area contributed by atoms with Crippen molar-refractivity contribution in [2.75, 3.05) is 39.3 Å². The van der Waals surface area contributed by atoms with Crippen molar-refractivity contribution in [1.29, 1.82) is 0 Å². The lowest BCUT2D eigenvalue weighted by atomic mass is 9.91. The van der Waals surface area contributed by atoms with Gasteiger partial charge in [-0.15, -0.1) is 0 Å². The van der Waals surface area contributed by atoms with Gasteiger partial charge in [0, 0.05) is 19.6 Å². The molecule has 2 rings (SSSR count). The third-order valence-corrected chi connectivity index (χ3v) is 4.32. The van der Waals surface area contributed by atoms with Crippen molar-refractivity contribution in [3.63, 3.8) is 0 Å². The van der Waals surface area contributed by atoms with Crippen molar-refractivity contribution < 1.29 is 4.79 Å². The van der Waals surface area contributed by atoms with Gasteiger partial charge in [-0.3, -0.25) is 4.79 Å². The molecule has 0 spiro atoms. The van der Waals surface area contributed by atoms with Gasteiger partial charge < -0.3 is 15.5 Å². The maximum atomic E-state index is 12.1. The van der Waals surface area contributed by atoms with Gasteiger partial charge in [0.25, 0.3) is 0 Å². The summed E-state index contributed by atoms with van der Waals surface area (Å²) < 4.78 is 0. The molecule has 2 heterocycles. The fourth-order valence-electron chi connectivity index (χ4n) is 3.11. The number of piperidine rings is 1. The molecule has 2 aliphatic rings. The number of amides is 1. The summed E-state index contributed by atoms with van der Waals surface area (Å²) in [5.41, 5.74) is 0. The standard InChI is InChI=1S/C14H27N3O/c1-3-17-5-4-12(10-17)8-16-14(18)13-6-11(2)7-15-9-13/h11-13,15H,3-10H2,1-2H3,(H,16,18). The highest BCUT2D eigenvalue weighted by atomic mass is 16.1. The first kappa shape index (κ1) is 13.8. The first-order chi connectivity index (χ1) is 8.69. The number of nitrogens with one attached hydrogen (secondary N) is 2. The summed E-state index contributed by atoms with van der Waals surface area (Å²) in [6.07, 6.45) is 2.26. The van der Waals surface area contributed by atoms with Crippen LogP contribution in [0.3, 0.4) is 0 Å². The maximum Gasteiger partial charge on any atom is 0.224 e. The molecule has 2 N–H and O–H groups in total. The third-order valence-electron chi connectivity index (χ3n) is 4.32. The van der Waals surface area contributed by atoms with Crippen LogP contribution in [0.2, 0.25) is 0 Å². The van der Waals surface area contributed by atoms with E-state index in [0.29, 0.717) is 11.8 Å². The third kappa shape index (κ3) is 3.69. The molecule has 18 heavy (non-hydrogen) atoms. The van der Waals surface area contributed by atoms with E-state index in [1.165, 1.54) is 13.0 Å². The highest BCUT2D eigenvalue weighted by molar-refractivity contribution is 5.79. The molecule has 4 heteroatoms. The second-order valence-corrected chi connectivity index (χ2v) is 5.99. The molecule has 0 bridgehead atoms. The van der Waals surface area contributed by atoms with Crippen LogP contribution < -0.4 is 10.6 Å². The topological polar surface area (TPSA) is 44.4 Å². The summed E-state index contributed by atoms with van der Waals surface area (Å²) in [6.45, 7) is 10.7. The Bertz CT molecular complexity index is 282. The number of likely N-dealkylation sites (tertiary alicyclic amines) is 1. The van der Waals surface area contributed by atoms with E-state index in [2.05, 4.69) is 29.4 Å². The largest absolute Gasteiger partial charge is 0.355 e. The molecule has 3 unspecified atom stereocenters. The molecule has 0 aliphatic carbocycles. The number of hydrogen-bond acceptors (Lipinski definition) is 3. The minimum atomic E-state index is 0.178. The zero-order valence-corrected chi connectivity index (χ0v) is 11.7. The van der Waals surface area contributed by atoms with Crippen LogP contribution in [-0.4, -0.2) is 50.1 Å². The lowest BCUT2D eigenvalue weighted by molar-refractivity contribution is -0.126. The number of rotatable bonds is 4. The molecular weight excluding hydrogens is 226 g/mol. The lowest BCUT2D eigenvalue weighted by Crippen LogP contribution is -2.44. The van der Waals surface area contributed by atoms with Crippen molar-refractivity contribution in [3.8, 4) is 0 Å². The van der Waals surface area contributed by atoms with Crippen LogP contribution in [0.5, 0.6) is 0 Å². The summed E-state index contributed by atoms with van der Waals surface area (Å²) in [5, 5.41) is 6.49. The molecule has 0 radical (unpaired) electrons. The monoisotopic (exact) mass is 253 g/mol. The molecule has 2 fully saturated rings. The van der Waals surface area contributed by atoms with E-state index < -0.39 is 0 Å². The van der Waals surface area contributed by atoms with Crippen molar-refractivity contribution in [2.45, 2.75) is 26.7 Å². The van der Waals surface area contributed by atoms with Crippen molar-refractivity contribution >= 4 is 5.91 Å². The molecule has 2 saturated heterocycles. The average molecular weight is 253 g/mol. The van der Waals surface area contributed by atoms with E-state index in [0.717, 1.165) is 39.1 Å². The first-order valence-corrected chi connectivity index (χ1v) is 7.39. The fourth-order valence-corrected chi connectivity index (χ4v) is 3.11. The Hall–Kier alpha value is -0.610. The molecule has 104 valence electrons. The second kappa shape index (κ2) is 6.53. The second-order valence-electron chi connectivity index (χ2n) is 5.99. The van der Waals surface area contributed by atoms with Gasteiger partial charge in [-0.25, -0.2) is 0 Å². The maximum absolute atomic E-state index is 12.1. The van der Waals surface area contributed by atoms with Gasteiger partial charge in [0.2, 0.25) is 5.91 Å². The van der Waals surface area contributed by atoms with Crippen LogP contribution in [0.4, 0.5) is 0 Å². The Balaban J connectivity index is 1.68. The van der Waals surface area contributed by atoms with E-state index in [1.807, 2.05) is 0 Å². The van der Waals surface area contributed by atoms with E-state index in [9.17, 15) is 4.79 Å². The Morgan fingerprint density at radius 1 is 1.44 bits per heavy atom. The number of carbonyl (C=O) groups is 1. The van der Waals surface area contributed by atoms with Gasteiger partial charge in [-0.2, -0.15) is 0 Å². The normalized spacial score (nSPS) is 33.6. The van der Waals surface area contributed by atoms with Gasteiger partial charge in [0.05, 0.1) is 5.92 Å². The minimum absolute atomic E-state index is 0.178. The highest BCUT2D eigenvalue weighted by Crippen LogP contribution is 2.17. The van der Waals surface area contributed by atoms with Crippen molar-refractivity contribution in [3.05, 3.63) is 0 Å². The fraction of sp³-hybridized carbons (Fsp3) is 0.929. The van der Waals surface area contributed by atoms with E-state index in [-0.39, 0.29) is 11.8 Å². The van der Waals surface area contributed by atoms with Crippen LogP contribution in [0, 0.1) is 17.8 Å². The molecular formula is C14H27N3O. The van der Waals surface area contributed by atoms with Gasteiger partial charge >= 0.3 is 0 Å². The predicted molar refractivity (Wildman–Crippen MR) is 73.4 cm³/mol. The van der Waals surface area contributed by atoms with Crippen molar-refractivity contribution in [1.82, 2.24) is 15.5 Å². The van der Waals surface area contributed by atoms with Crippen LogP contribution in [0.15, 0.2) is 0 Å². The van der Waals surface area contributed by atoms with Gasteiger partial charge in [0.1, 0.15) is 0 Å². The molecule has 0 saturated carbocycles. The Morgan fingerprint density at radius 3 is 2.94 bits per heavy atom. The summed E-state index contributed by atoms with van der Waals surface area (Å²) in [6, 6.07) is 0. The molecule has 3 atom stereocenters. The van der Waals surface area contributed by atoms with Crippen LogP contribution in [-0.2, 0) is 4.79 Å². The SMILES string of the molecule is CCN1CCC(CNC(=O)C2CNCC(C)C2)C1. The highest BCUT2D eigenvalue weighted by Gasteiger charge is 2.26. The summed E-state index contributed by atoms with van der Waals surface area (Å²) in [4.78, 5) is 14.5. The first-order valence-electron chi connectivity index (χ1n) is 7.39. The average Bonchev–Trinajstić information content (AvgIpc) is 2.84. The van der Waals surface area contributed by atoms with E-state index in [1.54, 1.807) is 0 Å². The molecule has 0 aromatic heterocycles. The lowest BCUT2D eigenvalue weighted by Gasteiger charge is -2.27. The zero-order valence-electron chi connectivity index (χ0n) is 11.7. The zero-order chi connectivity index (χ0) is 13.0. The van der Waals surface area contributed by atoms with Crippen LogP contribution in [0.25, 0.3) is 0 Å². The van der Waals surface area contributed by atoms with Crippen LogP contribution >= 0.6 is 0 Å². The molecule has 0 aromatic carbocycles. The quantitative estimate of drug-likeness (QED) is 0.775. The van der Waals surface area contributed by atoms with E-state index >= 15 is 0 Å². The number of carbonyl (C=O) groups excluding carboxylic acids is 1. The van der Waals surface area contributed by atoms with Gasteiger partial charge in [0.15, 0.2) is 0 Å². The Morgan fingerprint density at radius 2 is 2.28 bits per heavy atom. The van der Waals surface area contributed by atoms with Crippen LogP contribution in [0.1, 0.15) is 26.7 Å². The summed E-state index contributed by atoms with van der Waals surface area (Å²) >= 11 is 0. The molecule has 4 nitrogen and oxygen atoms in total. The molecule has 1 amide bonds. The van der Waals surface area contributed by atoms with Gasteiger partial charge in [-0.05, 0) is 44.3 Å². The Labute approximate surface area is 110 Å². The number of nitrogens with zero attached hydrogens (tertiary/aromatic N) is 1. The predicted octanol–water partition coefficient (Wildman–Crippen LogP) is 0.690. The number of hydrogen-bond donors (Lipinski definition) is 2. The van der Waals surface area contributed by atoms with E-state index in [4.69, 9.17) is 0 Å². The molecule has 0 aromatic rings. The summed E-state index contributed by atoms with van der Waals surface area (Å²) in [5.74, 6) is 1.71. The smallest absolute Gasteiger partial charge is 0.224 e. The Kier molecular flexibility index (Phi) is 5.01.